The van der Waals surface area contributed by atoms with E-state index >= 15 is 0 Å². The number of ether oxygens (including phenoxy) is 1. The fraction of sp³-hybridized carbons (Fsp3) is 0.759. The standard InChI is InChI=1S/C29H48N4O3/c1-29-13-12-24-23-9-7-22(20-21(23)6-8-25(24)26(29)10-11-27(29)34)36-28(35)33(19-5-15-31)18-3-2-16-32-17-4-14-30/h7,9,20,24-27,32,34H,2-6,8,10-19,30-31H2,1H3/p+3/t24-,25-,26+,27+,29+/m1/s1. The molecule has 1 aromatic carbocycles. The number of carbonyl (C=O) groups excluding carboxylic acids is 1. The summed E-state index contributed by atoms with van der Waals surface area (Å²) in [6, 6.07) is 6.36. The van der Waals surface area contributed by atoms with Gasteiger partial charge in [-0.2, -0.15) is 0 Å². The number of nitrogens with zero attached hydrogens (tertiary/aromatic N) is 1. The molecule has 0 aromatic heterocycles. The number of hydrogen-bond donors (Lipinski definition) is 4. The van der Waals surface area contributed by atoms with Crippen LogP contribution in [0.3, 0.4) is 0 Å². The second kappa shape index (κ2) is 12.7. The van der Waals surface area contributed by atoms with E-state index in [1.54, 1.807) is 0 Å². The molecule has 202 valence electrons. The van der Waals surface area contributed by atoms with Gasteiger partial charge in [0.2, 0.25) is 0 Å². The number of hydrogen-bond acceptors (Lipinski definition) is 3. The van der Waals surface area contributed by atoms with Crippen LogP contribution in [0.2, 0.25) is 0 Å². The molecule has 3 aliphatic rings. The largest absolute Gasteiger partial charge is 0.415 e. The van der Waals surface area contributed by atoms with Crippen LogP contribution < -0.4 is 21.5 Å². The number of benzene rings is 1. The number of rotatable bonds is 12. The van der Waals surface area contributed by atoms with Crippen molar-refractivity contribution in [2.45, 2.75) is 83.2 Å². The third-order valence-electron chi connectivity index (χ3n) is 9.53. The Morgan fingerprint density at radius 1 is 1.08 bits per heavy atom. The normalized spacial score (nSPS) is 28.8. The number of amides is 1. The summed E-state index contributed by atoms with van der Waals surface area (Å²) in [4.78, 5) is 14.9. The number of quaternary nitrogens is 3. The lowest BCUT2D eigenvalue weighted by Crippen LogP contribution is -2.84. The Bertz CT molecular complexity index is 865. The lowest BCUT2D eigenvalue weighted by molar-refractivity contribution is -0.657. The van der Waals surface area contributed by atoms with Gasteiger partial charge in [-0.3, -0.25) is 0 Å². The smallest absolute Gasteiger partial charge is 0.410 e. The summed E-state index contributed by atoms with van der Waals surface area (Å²) < 4.78 is 5.90. The monoisotopic (exact) mass is 503 g/mol. The molecule has 3 aliphatic carbocycles. The van der Waals surface area contributed by atoms with Crippen molar-refractivity contribution in [3.8, 4) is 5.75 Å². The Hall–Kier alpha value is -1.67. The number of nitrogens with two attached hydrogens (primary N) is 1. The molecule has 2 fully saturated rings. The van der Waals surface area contributed by atoms with Gasteiger partial charge >= 0.3 is 6.09 Å². The molecular weight excluding hydrogens is 452 g/mol. The van der Waals surface area contributed by atoms with E-state index in [9.17, 15) is 9.90 Å². The van der Waals surface area contributed by atoms with E-state index in [-0.39, 0.29) is 17.6 Å². The Morgan fingerprint density at radius 3 is 2.67 bits per heavy atom. The Labute approximate surface area is 217 Å². The fourth-order valence-corrected chi connectivity index (χ4v) is 7.38. The molecule has 0 saturated heterocycles. The number of aliphatic hydroxyl groups is 1. The second-order valence-electron chi connectivity index (χ2n) is 11.8. The lowest BCUT2D eigenvalue weighted by Gasteiger charge is -2.50. The molecule has 7 heteroatoms. The van der Waals surface area contributed by atoms with E-state index in [0.717, 1.165) is 84.1 Å². The summed E-state index contributed by atoms with van der Waals surface area (Å²) in [5, 5.41) is 13.0. The molecule has 0 heterocycles. The van der Waals surface area contributed by atoms with E-state index in [2.05, 4.69) is 35.8 Å². The van der Waals surface area contributed by atoms with Gasteiger partial charge in [-0.15, -0.1) is 0 Å². The van der Waals surface area contributed by atoms with Gasteiger partial charge in [0.1, 0.15) is 5.75 Å². The minimum Gasteiger partial charge on any atom is -0.410 e. The highest BCUT2D eigenvalue weighted by atomic mass is 16.6. The average molecular weight is 504 g/mol. The van der Waals surface area contributed by atoms with Crippen LogP contribution in [0.25, 0.3) is 0 Å². The summed E-state index contributed by atoms with van der Waals surface area (Å²) in [5.74, 6) is 2.58. The zero-order chi connectivity index (χ0) is 25.5. The van der Waals surface area contributed by atoms with Gasteiger partial charge in [-0.05, 0) is 97.8 Å². The molecule has 4 rings (SSSR count). The van der Waals surface area contributed by atoms with Crippen LogP contribution in [0.4, 0.5) is 4.79 Å². The van der Waals surface area contributed by atoms with Gasteiger partial charge in [-0.25, -0.2) is 4.79 Å². The predicted octanol–water partition coefficient (Wildman–Crippen LogP) is 1.31. The number of unbranched alkanes of at least 4 members (excludes halogenated alkanes) is 1. The van der Waals surface area contributed by atoms with Crippen molar-refractivity contribution in [1.82, 2.24) is 4.90 Å². The summed E-state index contributed by atoms with van der Waals surface area (Å²) >= 11 is 0. The summed E-state index contributed by atoms with van der Waals surface area (Å²) in [6.45, 7) is 7.82. The van der Waals surface area contributed by atoms with Crippen LogP contribution in [0.15, 0.2) is 18.2 Å². The Morgan fingerprint density at radius 2 is 1.86 bits per heavy atom. The Balaban J connectivity index is 1.34. The summed E-state index contributed by atoms with van der Waals surface area (Å²) in [5.41, 5.74) is 10.8. The van der Waals surface area contributed by atoms with Crippen molar-refractivity contribution in [1.29, 1.82) is 0 Å². The number of carbonyl (C=O) groups is 1. The first-order chi connectivity index (χ1) is 17.5. The molecule has 0 aliphatic heterocycles. The highest BCUT2D eigenvalue weighted by Crippen LogP contribution is 2.60. The third-order valence-corrected chi connectivity index (χ3v) is 9.53. The minimum atomic E-state index is -0.230. The molecule has 36 heavy (non-hydrogen) atoms. The molecule has 0 unspecified atom stereocenters. The van der Waals surface area contributed by atoms with Crippen molar-refractivity contribution in [2.24, 2.45) is 17.3 Å². The average Bonchev–Trinajstić information content (AvgIpc) is 3.19. The fourth-order valence-electron chi connectivity index (χ4n) is 7.38. The first-order valence-corrected chi connectivity index (χ1v) is 14.7. The molecule has 0 spiro atoms. The van der Waals surface area contributed by atoms with Crippen LogP contribution in [-0.2, 0) is 6.42 Å². The minimum absolute atomic E-state index is 0.108. The van der Waals surface area contributed by atoms with Crippen molar-refractivity contribution >= 4 is 6.09 Å². The zero-order valence-electron chi connectivity index (χ0n) is 22.6. The molecule has 1 amide bonds. The SMILES string of the molecule is C[C@]12CC[C@@H]3c4ccc(OC(=O)N(CCC[NH3+])CCCC[NH2+]CCC[NH3+])cc4CC[C@H]3[C@@H]1CC[C@@H]2O. The first kappa shape index (κ1) is 27.4. The third kappa shape index (κ3) is 6.07. The van der Waals surface area contributed by atoms with Gasteiger partial charge < -0.3 is 31.5 Å². The molecule has 7 nitrogen and oxygen atoms in total. The van der Waals surface area contributed by atoms with E-state index in [1.807, 2.05) is 11.0 Å². The van der Waals surface area contributed by atoms with Gasteiger partial charge in [0.25, 0.3) is 0 Å². The number of aryl methyl sites for hydroxylation is 1. The van der Waals surface area contributed by atoms with Crippen molar-refractivity contribution in [2.75, 3.05) is 39.3 Å². The highest BCUT2D eigenvalue weighted by Gasteiger charge is 2.54. The van der Waals surface area contributed by atoms with Crippen LogP contribution in [0.5, 0.6) is 5.75 Å². The maximum absolute atomic E-state index is 13.1. The quantitative estimate of drug-likeness (QED) is 0.322. The van der Waals surface area contributed by atoms with Gasteiger partial charge in [0, 0.05) is 25.9 Å². The molecule has 0 radical (unpaired) electrons. The number of aliphatic hydroxyl groups excluding tert-OH is 1. The van der Waals surface area contributed by atoms with E-state index < -0.39 is 0 Å². The molecule has 0 bridgehead atoms. The molecule has 9 N–H and O–H groups in total. The van der Waals surface area contributed by atoms with E-state index in [4.69, 9.17) is 4.74 Å². The lowest BCUT2D eigenvalue weighted by atomic mass is 9.55. The van der Waals surface area contributed by atoms with Crippen LogP contribution in [-0.4, -0.2) is 61.5 Å². The van der Waals surface area contributed by atoms with Crippen molar-refractivity contribution in [3.05, 3.63) is 29.3 Å². The summed E-state index contributed by atoms with van der Waals surface area (Å²) in [7, 11) is 0. The zero-order valence-corrected chi connectivity index (χ0v) is 22.6. The summed E-state index contributed by atoms with van der Waals surface area (Å²) in [6.07, 6.45) is 10.4. The highest BCUT2D eigenvalue weighted by molar-refractivity contribution is 5.70. The topological polar surface area (TPSA) is 122 Å². The van der Waals surface area contributed by atoms with Gasteiger partial charge in [0.15, 0.2) is 0 Å². The van der Waals surface area contributed by atoms with Gasteiger partial charge in [-0.1, -0.05) is 13.0 Å². The predicted molar refractivity (Wildman–Crippen MR) is 140 cm³/mol. The maximum atomic E-state index is 13.1. The second-order valence-corrected chi connectivity index (χ2v) is 11.8. The molecule has 5 atom stereocenters. The van der Waals surface area contributed by atoms with Crippen LogP contribution in [0.1, 0.15) is 81.8 Å². The first-order valence-electron chi connectivity index (χ1n) is 14.7. The van der Waals surface area contributed by atoms with Crippen molar-refractivity contribution < 1.29 is 31.4 Å². The van der Waals surface area contributed by atoms with Crippen molar-refractivity contribution in [3.63, 3.8) is 0 Å². The van der Waals surface area contributed by atoms with E-state index in [1.165, 1.54) is 24.0 Å². The van der Waals surface area contributed by atoms with Crippen LogP contribution >= 0.6 is 0 Å². The molecule has 1 aromatic rings. The van der Waals surface area contributed by atoms with Crippen LogP contribution in [0, 0.1) is 17.3 Å². The maximum Gasteiger partial charge on any atom is 0.415 e. The molecular formula is C29H51N4O3+3. The Kier molecular flexibility index (Phi) is 9.67. The molecule has 2 saturated carbocycles. The number of fused-ring (bicyclic) bond motifs is 5. The van der Waals surface area contributed by atoms with Gasteiger partial charge in [0.05, 0.1) is 32.3 Å². The van der Waals surface area contributed by atoms with E-state index in [0.29, 0.717) is 30.0 Å².